The molecule has 0 saturated heterocycles. The molecule has 0 amide bonds. The molecule has 1 unspecified atom stereocenters. The Morgan fingerprint density at radius 3 is 2.68 bits per heavy atom. The summed E-state index contributed by atoms with van der Waals surface area (Å²) in [7, 11) is 0. The van der Waals surface area contributed by atoms with Gasteiger partial charge in [-0.2, -0.15) is 5.26 Å². The van der Waals surface area contributed by atoms with E-state index in [0.717, 1.165) is 10.0 Å². The third kappa shape index (κ3) is 2.26. The number of aromatic hydroxyl groups is 2. The number of nitriles is 1. The number of hydrogen-bond donors (Lipinski definition) is 3. The van der Waals surface area contributed by atoms with Crippen LogP contribution in [0, 0.1) is 11.3 Å². The third-order valence-electron chi connectivity index (χ3n) is 3.47. The Labute approximate surface area is 135 Å². The molecular formula is C16H11BrN2O3. The molecule has 1 aliphatic heterocycles. The number of phenols is 2. The monoisotopic (exact) mass is 358 g/mol. The number of phenolic OH excluding ortho intramolecular Hbond substituents is 2. The first-order valence-electron chi connectivity index (χ1n) is 6.40. The summed E-state index contributed by atoms with van der Waals surface area (Å²) in [4.78, 5) is 0. The molecule has 2 aromatic rings. The van der Waals surface area contributed by atoms with E-state index < -0.39 is 5.92 Å². The number of fused-ring (bicyclic) bond motifs is 1. The zero-order valence-corrected chi connectivity index (χ0v) is 12.8. The number of halogens is 1. The lowest BCUT2D eigenvalue weighted by Gasteiger charge is -2.27. The summed E-state index contributed by atoms with van der Waals surface area (Å²) in [5.74, 6) is -0.659. The average molecular weight is 359 g/mol. The van der Waals surface area contributed by atoms with Gasteiger partial charge in [-0.05, 0) is 17.7 Å². The Morgan fingerprint density at radius 2 is 2.00 bits per heavy atom. The van der Waals surface area contributed by atoms with Gasteiger partial charge in [0.2, 0.25) is 5.88 Å². The van der Waals surface area contributed by atoms with E-state index >= 15 is 0 Å². The lowest BCUT2D eigenvalue weighted by atomic mass is 9.83. The summed E-state index contributed by atoms with van der Waals surface area (Å²) < 4.78 is 6.22. The maximum atomic E-state index is 10.2. The van der Waals surface area contributed by atoms with Gasteiger partial charge in [0.15, 0.2) is 0 Å². The molecule has 0 spiro atoms. The van der Waals surface area contributed by atoms with Crippen LogP contribution in [0.5, 0.6) is 17.2 Å². The third-order valence-corrected chi connectivity index (χ3v) is 3.96. The second-order valence-corrected chi connectivity index (χ2v) is 5.77. The summed E-state index contributed by atoms with van der Waals surface area (Å²) in [5, 5.41) is 29.2. The van der Waals surface area contributed by atoms with Gasteiger partial charge in [0.1, 0.15) is 28.9 Å². The van der Waals surface area contributed by atoms with Gasteiger partial charge >= 0.3 is 0 Å². The molecule has 0 aliphatic carbocycles. The molecule has 5 nitrogen and oxygen atoms in total. The van der Waals surface area contributed by atoms with E-state index in [1.165, 1.54) is 12.1 Å². The molecule has 4 N–H and O–H groups in total. The topological polar surface area (TPSA) is 99.5 Å². The number of ether oxygens (including phenoxy) is 1. The fourth-order valence-electron chi connectivity index (χ4n) is 2.57. The van der Waals surface area contributed by atoms with Crippen molar-refractivity contribution in [2.45, 2.75) is 5.92 Å². The van der Waals surface area contributed by atoms with E-state index in [9.17, 15) is 15.5 Å². The first-order valence-corrected chi connectivity index (χ1v) is 7.19. The minimum atomic E-state index is -0.563. The van der Waals surface area contributed by atoms with E-state index in [1.54, 1.807) is 0 Å². The summed E-state index contributed by atoms with van der Waals surface area (Å²) in [6.07, 6.45) is 0. The number of allylic oxidation sites excluding steroid dienone is 1. The predicted octanol–water partition coefficient (Wildman–Crippen LogP) is 3.08. The average Bonchev–Trinajstić information content (AvgIpc) is 2.45. The van der Waals surface area contributed by atoms with Crippen LogP contribution in [0.1, 0.15) is 17.0 Å². The highest BCUT2D eigenvalue weighted by atomic mass is 79.9. The van der Waals surface area contributed by atoms with Gasteiger partial charge in [0, 0.05) is 22.2 Å². The highest BCUT2D eigenvalue weighted by Crippen LogP contribution is 2.48. The molecule has 0 aromatic heterocycles. The minimum absolute atomic E-state index is 0.0371. The van der Waals surface area contributed by atoms with Crippen LogP contribution in [0.25, 0.3) is 0 Å². The van der Waals surface area contributed by atoms with Crippen LogP contribution in [0.4, 0.5) is 0 Å². The van der Waals surface area contributed by atoms with Crippen molar-refractivity contribution in [1.29, 1.82) is 5.26 Å². The molecule has 0 fully saturated rings. The van der Waals surface area contributed by atoms with Gasteiger partial charge in [0.05, 0.1) is 5.92 Å². The van der Waals surface area contributed by atoms with Gasteiger partial charge in [-0.25, -0.2) is 0 Å². The first kappa shape index (κ1) is 14.3. The Kier molecular flexibility index (Phi) is 3.43. The van der Waals surface area contributed by atoms with Crippen LogP contribution in [-0.4, -0.2) is 10.2 Å². The van der Waals surface area contributed by atoms with E-state index in [4.69, 9.17) is 10.5 Å². The van der Waals surface area contributed by atoms with E-state index in [1.807, 2.05) is 30.3 Å². The largest absolute Gasteiger partial charge is 0.508 e. The highest BCUT2D eigenvalue weighted by molar-refractivity contribution is 9.10. The SMILES string of the molecule is N#CC1=C(N)Oc2cc(O)cc(O)c2C1c1cccc(Br)c1. The Hall–Kier alpha value is -2.65. The summed E-state index contributed by atoms with van der Waals surface area (Å²) in [6.45, 7) is 0. The number of rotatable bonds is 1. The van der Waals surface area contributed by atoms with E-state index in [0.29, 0.717) is 5.56 Å². The van der Waals surface area contributed by atoms with Gasteiger partial charge < -0.3 is 20.7 Å². The number of hydrogen-bond acceptors (Lipinski definition) is 5. The van der Waals surface area contributed by atoms with Gasteiger partial charge in [-0.15, -0.1) is 0 Å². The number of nitrogens with zero attached hydrogens (tertiary/aromatic N) is 1. The molecule has 6 heteroatoms. The van der Waals surface area contributed by atoms with E-state index in [-0.39, 0.29) is 28.7 Å². The van der Waals surface area contributed by atoms with Crippen molar-refractivity contribution in [3.8, 4) is 23.3 Å². The van der Waals surface area contributed by atoms with Crippen molar-refractivity contribution in [3.05, 3.63) is 63.5 Å². The molecule has 0 saturated carbocycles. The lowest BCUT2D eigenvalue weighted by molar-refractivity contribution is 0.375. The fourth-order valence-corrected chi connectivity index (χ4v) is 2.99. The van der Waals surface area contributed by atoms with Crippen LogP contribution in [0.3, 0.4) is 0 Å². The number of nitrogens with two attached hydrogens (primary N) is 1. The summed E-state index contributed by atoms with van der Waals surface area (Å²) in [6, 6.07) is 12.0. The standard InChI is InChI=1S/C16H11BrN2O3/c17-9-3-1-2-8(4-9)14-11(7-18)16(19)22-13-6-10(20)5-12(21)15(13)14/h1-6,14,20-21H,19H2. The molecule has 1 aliphatic rings. The van der Waals surface area contributed by atoms with Gasteiger partial charge in [-0.3, -0.25) is 0 Å². The van der Waals surface area contributed by atoms with Crippen molar-refractivity contribution in [1.82, 2.24) is 0 Å². The molecule has 22 heavy (non-hydrogen) atoms. The molecule has 2 aromatic carbocycles. The molecular weight excluding hydrogens is 348 g/mol. The molecule has 0 radical (unpaired) electrons. The van der Waals surface area contributed by atoms with Crippen molar-refractivity contribution in [2.75, 3.05) is 0 Å². The van der Waals surface area contributed by atoms with Crippen molar-refractivity contribution in [3.63, 3.8) is 0 Å². The maximum Gasteiger partial charge on any atom is 0.205 e. The zero-order chi connectivity index (χ0) is 15.9. The van der Waals surface area contributed by atoms with Crippen LogP contribution in [-0.2, 0) is 0 Å². The quantitative estimate of drug-likeness (QED) is 0.727. The van der Waals surface area contributed by atoms with Crippen molar-refractivity contribution >= 4 is 15.9 Å². The van der Waals surface area contributed by atoms with Crippen LogP contribution < -0.4 is 10.5 Å². The molecule has 0 bridgehead atoms. The molecule has 3 rings (SSSR count). The second kappa shape index (κ2) is 5.28. The minimum Gasteiger partial charge on any atom is -0.508 e. The summed E-state index contributed by atoms with van der Waals surface area (Å²) >= 11 is 3.39. The second-order valence-electron chi connectivity index (χ2n) is 4.86. The maximum absolute atomic E-state index is 10.2. The predicted molar refractivity (Wildman–Crippen MR) is 83.2 cm³/mol. The Morgan fingerprint density at radius 1 is 1.23 bits per heavy atom. The van der Waals surface area contributed by atoms with Gasteiger partial charge in [-0.1, -0.05) is 28.1 Å². The van der Waals surface area contributed by atoms with Crippen LogP contribution in [0.2, 0.25) is 0 Å². The summed E-state index contributed by atoms with van der Waals surface area (Å²) in [5.41, 5.74) is 7.23. The normalized spacial score (nSPS) is 16.6. The Bertz CT molecular complexity index is 840. The molecule has 1 atom stereocenters. The lowest BCUT2D eigenvalue weighted by Crippen LogP contribution is -2.21. The zero-order valence-electron chi connectivity index (χ0n) is 11.2. The van der Waals surface area contributed by atoms with Crippen LogP contribution >= 0.6 is 15.9 Å². The van der Waals surface area contributed by atoms with Gasteiger partial charge in [0.25, 0.3) is 0 Å². The van der Waals surface area contributed by atoms with E-state index in [2.05, 4.69) is 15.9 Å². The smallest absolute Gasteiger partial charge is 0.205 e. The fraction of sp³-hybridized carbons (Fsp3) is 0.0625. The van der Waals surface area contributed by atoms with Crippen molar-refractivity contribution in [2.24, 2.45) is 5.73 Å². The van der Waals surface area contributed by atoms with Crippen molar-refractivity contribution < 1.29 is 14.9 Å². The first-order chi connectivity index (χ1) is 10.5. The van der Waals surface area contributed by atoms with Crippen LogP contribution in [0.15, 0.2) is 52.3 Å². The Balaban J connectivity index is 2.30. The molecule has 1 heterocycles. The highest BCUT2D eigenvalue weighted by Gasteiger charge is 2.33. The molecule has 110 valence electrons. The number of benzene rings is 2.